The van der Waals surface area contributed by atoms with E-state index in [9.17, 15) is 9.90 Å². The molecule has 0 radical (unpaired) electrons. The van der Waals surface area contributed by atoms with Crippen molar-refractivity contribution in [3.05, 3.63) is 0 Å². The van der Waals surface area contributed by atoms with Crippen LogP contribution in [0.1, 0.15) is 73.1 Å². The van der Waals surface area contributed by atoms with Crippen LogP contribution in [-0.2, 0) is 14.1 Å². The van der Waals surface area contributed by atoms with Crippen LogP contribution in [0.25, 0.3) is 0 Å². The van der Waals surface area contributed by atoms with Crippen LogP contribution in [0, 0.1) is 5.92 Å². The van der Waals surface area contributed by atoms with E-state index in [0.717, 1.165) is 25.7 Å². The monoisotopic (exact) mass is 296 g/mol. The Hall–Kier alpha value is -0.545. The molecule has 2 rings (SSSR count). The minimum atomic E-state index is -0.750. The molecule has 0 unspecified atom stereocenters. The molecule has 0 aromatic carbocycles. The van der Waals surface area contributed by atoms with E-state index in [4.69, 9.17) is 9.31 Å². The van der Waals surface area contributed by atoms with Gasteiger partial charge in [0.05, 0.1) is 11.2 Å². The Morgan fingerprint density at radius 1 is 1.14 bits per heavy atom. The second-order valence-corrected chi connectivity index (χ2v) is 7.87. The average molecular weight is 296 g/mol. The zero-order valence-corrected chi connectivity index (χ0v) is 14.1. The molecule has 2 aliphatic rings. The first-order chi connectivity index (χ1) is 9.62. The summed E-state index contributed by atoms with van der Waals surface area (Å²) in [6.45, 7) is 10.3. The van der Waals surface area contributed by atoms with Gasteiger partial charge in [-0.25, -0.2) is 0 Å². The lowest BCUT2D eigenvalue weighted by Gasteiger charge is -2.40. The molecule has 21 heavy (non-hydrogen) atoms. The second kappa shape index (κ2) is 5.58. The SMILES string of the molecule is CCC1CCC(CC(=O)O)(B2OC(C)(C)C(C)(C)O2)CC1. The molecule has 4 nitrogen and oxygen atoms in total. The number of carbonyl (C=O) groups is 1. The van der Waals surface area contributed by atoms with Gasteiger partial charge in [-0.15, -0.1) is 0 Å². The van der Waals surface area contributed by atoms with Crippen LogP contribution in [0.3, 0.4) is 0 Å². The van der Waals surface area contributed by atoms with Crippen molar-refractivity contribution in [2.45, 2.75) is 89.7 Å². The second-order valence-electron chi connectivity index (χ2n) is 7.87. The highest BCUT2D eigenvalue weighted by Crippen LogP contribution is 2.55. The molecule has 1 aliphatic heterocycles. The molecule has 1 aliphatic carbocycles. The Balaban J connectivity index is 2.20. The van der Waals surface area contributed by atoms with Crippen molar-refractivity contribution in [3.8, 4) is 0 Å². The molecule has 1 N–H and O–H groups in total. The topological polar surface area (TPSA) is 55.8 Å². The third-order valence-corrected chi connectivity index (χ3v) is 5.93. The maximum Gasteiger partial charge on any atom is 0.465 e. The Morgan fingerprint density at radius 3 is 2.00 bits per heavy atom. The smallest absolute Gasteiger partial charge is 0.465 e. The van der Waals surface area contributed by atoms with Crippen molar-refractivity contribution in [3.63, 3.8) is 0 Å². The van der Waals surface area contributed by atoms with Gasteiger partial charge in [0, 0.05) is 11.7 Å². The third-order valence-electron chi connectivity index (χ3n) is 5.93. The molecule has 1 saturated heterocycles. The highest BCUT2D eigenvalue weighted by Gasteiger charge is 2.60. The Morgan fingerprint density at radius 2 is 1.62 bits per heavy atom. The summed E-state index contributed by atoms with van der Waals surface area (Å²) in [5, 5.41) is 8.99. The highest BCUT2D eigenvalue weighted by molar-refractivity contribution is 6.50. The van der Waals surface area contributed by atoms with E-state index in [0.29, 0.717) is 5.92 Å². The fraction of sp³-hybridized carbons (Fsp3) is 0.938. The van der Waals surface area contributed by atoms with Gasteiger partial charge >= 0.3 is 13.1 Å². The fourth-order valence-electron chi connectivity index (χ4n) is 3.55. The summed E-state index contributed by atoms with van der Waals surface area (Å²) in [7, 11) is -0.406. The van der Waals surface area contributed by atoms with E-state index in [1.807, 2.05) is 27.7 Å². The van der Waals surface area contributed by atoms with Gasteiger partial charge in [-0.05, 0) is 46.5 Å². The summed E-state index contributed by atoms with van der Waals surface area (Å²) < 4.78 is 12.4. The molecule has 0 amide bonds. The van der Waals surface area contributed by atoms with Gasteiger partial charge in [-0.3, -0.25) is 4.79 Å². The summed E-state index contributed by atoms with van der Waals surface area (Å²) in [5.41, 5.74) is -0.796. The maximum atomic E-state index is 11.4. The third kappa shape index (κ3) is 3.14. The van der Waals surface area contributed by atoms with E-state index in [1.54, 1.807) is 0 Å². The molecule has 1 heterocycles. The number of carboxylic acid groups (broad SMARTS) is 1. The van der Waals surface area contributed by atoms with Crippen LogP contribution < -0.4 is 0 Å². The molecule has 120 valence electrons. The molecule has 0 aromatic rings. The van der Waals surface area contributed by atoms with Gasteiger partial charge in [0.2, 0.25) is 0 Å². The summed E-state index contributed by atoms with van der Waals surface area (Å²) in [6.07, 6.45) is 5.23. The molecule has 1 saturated carbocycles. The molecule has 0 spiro atoms. The number of hydrogen-bond donors (Lipinski definition) is 1. The van der Waals surface area contributed by atoms with Crippen LogP contribution in [0.5, 0.6) is 0 Å². The van der Waals surface area contributed by atoms with Gasteiger partial charge in [-0.2, -0.15) is 0 Å². The van der Waals surface area contributed by atoms with Crippen LogP contribution >= 0.6 is 0 Å². The van der Waals surface area contributed by atoms with Crippen LogP contribution in [0.15, 0.2) is 0 Å². The maximum absolute atomic E-state index is 11.4. The number of hydrogen-bond acceptors (Lipinski definition) is 3. The zero-order valence-electron chi connectivity index (χ0n) is 14.1. The van der Waals surface area contributed by atoms with Crippen molar-refractivity contribution in [1.82, 2.24) is 0 Å². The molecule has 5 heteroatoms. The average Bonchev–Trinajstić information content (AvgIpc) is 2.59. The lowest BCUT2D eigenvalue weighted by atomic mass is 9.48. The normalized spacial score (nSPS) is 34.9. The molecular formula is C16H29BO4. The summed E-state index contributed by atoms with van der Waals surface area (Å²) in [4.78, 5) is 11.4. The molecular weight excluding hydrogens is 267 g/mol. The van der Waals surface area contributed by atoms with E-state index >= 15 is 0 Å². The van der Waals surface area contributed by atoms with E-state index in [-0.39, 0.29) is 11.7 Å². The lowest BCUT2D eigenvalue weighted by molar-refractivity contribution is -0.138. The predicted octanol–water partition coefficient (Wildman–Crippen LogP) is 3.89. The Labute approximate surface area is 128 Å². The standard InChI is InChI=1S/C16H29BO4/c1-6-12-7-9-16(10-8-12,11-13(18)19)17-20-14(2,3)15(4,5)21-17/h12H,6-11H2,1-5H3,(H,18,19). The molecule has 0 aromatic heterocycles. The van der Waals surface area contributed by atoms with Crippen molar-refractivity contribution in [2.75, 3.05) is 0 Å². The Bertz CT molecular complexity index is 381. The minimum Gasteiger partial charge on any atom is -0.481 e. The largest absolute Gasteiger partial charge is 0.481 e. The van der Waals surface area contributed by atoms with Gasteiger partial charge in [0.1, 0.15) is 0 Å². The van der Waals surface area contributed by atoms with Crippen molar-refractivity contribution >= 4 is 13.1 Å². The Kier molecular flexibility index (Phi) is 4.47. The number of carboxylic acids is 1. The minimum absolute atomic E-state index is 0.139. The van der Waals surface area contributed by atoms with Crippen molar-refractivity contribution in [1.29, 1.82) is 0 Å². The van der Waals surface area contributed by atoms with Crippen LogP contribution in [-0.4, -0.2) is 29.4 Å². The first-order valence-electron chi connectivity index (χ1n) is 8.19. The van der Waals surface area contributed by atoms with Gasteiger partial charge < -0.3 is 14.4 Å². The van der Waals surface area contributed by atoms with Crippen molar-refractivity contribution < 1.29 is 19.2 Å². The first kappa shape index (κ1) is 16.8. The number of rotatable bonds is 4. The summed E-state index contributed by atoms with van der Waals surface area (Å²) >= 11 is 0. The quantitative estimate of drug-likeness (QED) is 0.799. The van der Waals surface area contributed by atoms with E-state index < -0.39 is 24.3 Å². The predicted molar refractivity (Wildman–Crippen MR) is 83.3 cm³/mol. The number of aliphatic carboxylic acids is 1. The van der Waals surface area contributed by atoms with E-state index in [1.165, 1.54) is 6.42 Å². The van der Waals surface area contributed by atoms with Crippen LogP contribution in [0.2, 0.25) is 5.31 Å². The van der Waals surface area contributed by atoms with Gasteiger partial charge in [-0.1, -0.05) is 26.2 Å². The lowest BCUT2D eigenvalue weighted by Crippen LogP contribution is -2.41. The molecule has 0 bridgehead atoms. The molecule has 0 atom stereocenters. The highest BCUT2D eigenvalue weighted by atomic mass is 16.7. The van der Waals surface area contributed by atoms with Crippen LogP contribution in [0.4, 0.5) is 0 Å². The first-order valence-corrected chi connectivity index (χ1v) is 8.19. The summed E-state index contributed by atoms with van der Waals surface area (Å²) in [6, 6.07) is 0. The van der Waals surface area contributed by atoms with Gasteiger partial charge in [0.15, 0.2) is 0 Å². The fourth-order valence-corrected chi connectivity index (χ4v) is 3.55. The van der Waals surface area contributed by atoms with E-state index in [2.05, 4.69) is 6.92 Å². The van der Waals surface area contributed by atoms with Crippen molar-refractivity contribution in [2.24, 2.45) is 5.92 Å². The zero-order chi connectivity index (χ0) is 15.9. The molecule has 2 fully saturated rings. The summed E-state index contributed by atoms with van der Waals surface area (Å²) in [5.74, 6) is -0.0333. The van der Waals surface area contributed by atoms with Gasteiger partial charge in [0.25, 0.3) is 0 Å².